The van der Waals surface area contributed by atoms with E-state index in [1.165, 1.54) is 6.92 Å². The molecule has 1 aromatic rings. The first kappa shape index (κ1) is 18.4. The maximum absolute atomic E-state index is 11.0. The molecule has 1 aliphatic heterocycles. The van der Waals surface area contributed by atoms with Crippen LogP contribution in [0.4, 0.5) is 0 Å². The van der Waals surface area contributed by atoms with Crippen LogP contribution in [0.3, 0.4) is 0 Å². The van der Waals surface area contributed by atoms with Gasteiger partial charge in [-0.2, -0.15) is 0 Å². The van der Waals surface area contributed by atoms with Gasteiger partial charge >= 0.3 is 5.97 Å². The SMILES string of the molecule is C=C(NOCCCCC1COC(C)(C(=O)O)OC1)c1ccncc1. The van der Waals surface area contributed by atoms with Crippen LogP contribution in [0.25, 0.3) is 5.70 Å². The number of carbonyl (C=O) groups is 1. The van der Waals surface area contributed by atoms with Crippen molar-refractivity contribution in [2.45, 2.75) is 32.0 Å². The van der Waals surface area contributed by atoms with Gasteiger partial charge in [0.05, 0.1) is 25.5 Å². The average molecular weight is 336 g/mol. The van der Waals surface area contributed by atoms with Gasteiger partial charge < -0.3 is 14.6 Å². The zero-order valence-electron chi connectivity index (χ0n) is 13.9. The lowest BCUT2D eigenvalue weighted by Crippen LogP contribution is -2.47. The molecule has 1 fully saturated rings. The summed E-state index contributed by atoms with van der Waals surface area (Å²) >= 11 is 0. The molecule has 132 valence electrons. The summed E-state index contributed by atoms with van der Waals surface area (Å²) in [7, 11) is 0. The van der Waals surface area contributed by atoms with Crippen LogP contribution in [0.1, 0.15) is 31.7 Å². The molecular formula is C17H24N2O5. The van der Waals surface area contributed by atoms with Gasteiger partial charge in [0, 0.05) is 30.8 Å². The third kappa shape index (κ3) is 5.30. The molecule has 2 N–H and O–H groups in total. The van der Waals surface area contributed by atoms with E-state index < -0.39 is 11.8 Å². The fourth-order valence-electron chi connectivity index (χ4n) is 2.29. The van der Waals surface area contributed by atoms with E-state index in [0.717, 1.165) is 24.8 Å². The fourth-order valence-corrected chi connectivity index (χ4v) is 2.29. The number of aromatic nitrogens is 1. The molecule has 1 aliphatic rings. The van der Waals surface area contributed by atoms with Gasteiger partial charge in [-0.1, -0.05) is 13.0 Å². The van der Waals surface area contributed by atoms with Crippen molar-refractivity contribution in [1.29, 1.82) is 0 Å². The van der Waals surface area contributed by atoms with Crippen LogP contribution < -0.4 is 5.48 Å². The topological polar surface area (TPSA) is 89.9 Å². The summed E-state index contributed by atoms with van der Waals surface area (Å²) in [6.07, 6.45) is 6.13. The number of hydrogen-bond acceptors (Lipinski definition) is 6. The van der Waals surface area contributed by atoms with E-state index in [1.54, 1.807) is 12.4 Å². The van der Waals surface area contributed by atoms with E-state index in [4.69, 9.17) is 19.4 Å². The molecule has 0 saturated carbocycles. The fraction of sp³-hybridized carbons (Fsp3) is 0.529. The Bertz CT molecular complexity index is 541. The Hall–Kier alpha value is -1.96. The van der Waals surface area contributed by atoms with Crippen LogP contribution in [0.2, 0.25) is 0 Å². The van der Waals surface area contributed by atoms with Crippen molar-refractivity contribution in [1.82, 2.24) is 10.5 Å². The monoisotopic (exact) mass is 336 g/mol. The zero-order valence-corrected chi connectivity index (χ0v) is 13.9. The minimum Gasteiger partial charge on any atom is -0.477 e. The number of hydrogen-bond donors (Lipinski definition) is 2. The van der Waals surface area contributed by atoms with Crippen LogP contribution in [-0.4, -0.2) is 41.7 Å². The van der Waals surface area contributed by atoms with Crippen molar-refractivity contribution < 1.29 is 24.2 Å². The van der Waals surface area contributed by atoms with Crippen LogP contribution in [0.15, 0.2) is 31.1 Å². The number of nitrogens with one attached hydrogen (secondary N) is 1. The second-order valence-electron chi connectivity index (χ2n) is 5.90. The van der Waals surface area contributed by atoms with E-state index in [-0.39, 0.29) is 5.92 Å². The van der Waals surface area contributed by atoms with Gasteiger partial charge in [0.1, 0.15) is 0 Å². The van der Waals surface area contributed by atoms with Gasteiger partial charge in [-0.25, -0.2) is 4.79 Å². The summed E-state index contributed by atoms with van der Waals surface area (Å²) in [5.74, 6) is -2.37. The van der Waals surface area contributed by atoms with Crippen molar-refractivity contribution in [2.75, 3.05) is 19.8 Å². The van der Waals surface area contributed by atoms with Crippen molar-refractivity contribution in [3.63, 3.8) is 0 Å². The lowest BCUT2D eigenvalue weighted by atomic mass is 10.0. The first-order chi connectivity index (χ1) is 11.5. The molecule has 0 atom stereocenters. The molecule has 0 amide bonds. The molecule has 7 heteroatoms. The third-order valence-electron chi connectivity index (χ3n) is 3.91. The highest BCUT2D eigenvalue weighted by Crippen LogP contribution is 2.24. The first-order valence-electron chi connectivity index (χ1n) is 7.99. The van der Waals surface area contributed by atoms with E-state index in [2.05, 4.69) is 17.0 Å². The molecule has 7 nitrogen and oxygen atoms in total. The number of carboxylic acids is 1. The van der Waals surface area contributed by atoms with E-state index in [1.807, 2.05) is 12.1 Å². The predicted octanol–water partition coefficient (Wildman–Crippen LogP) is 2.21. The summed E-state index contributed by atoms with van der Waals surface area (Å²) in [5, 5.41) is 9.00. The van der Waals surface area contributed by atoms with E-state index in [9.17, 15) is 4.79 Å². The minimum absolute atomic E-state index is 0.220. The summed E-state index contributed by atoms with van der Waals surface area (Å²) in [6, 6.07) is 3.71. The normalized spacial score (nSPS) is 23.6. The Balaban J connectivity index is 1.53. The Morgan fingerprint density at radius 1 is 1.42 bits per heavy atom. The number of pyridine rings is 1. The quantitative estimate of drug-likeness (QED) is 0.528. The molecule has 24 heavy (non-hydrogen) atoms. The average Bonchev–Trinajstić information content (AvgIpc) is 2.60. The summed E-state index contributed by atoms with van der Waals surface area (Å²) in [4.78, 5) is 20.3. The summed E-state index contributed by atoms with van der Waals surface area (Å²) in [6.45, 7) is 6.70. The van der Waals surface area contributed by atoms with Gasteiger partial charge in [-0.3, -0.25) is 15.3 Å². The maximum atomic E-state index is 11.0. The number of nitrogens with zero attached hydrogens (tertiary/aromatic N) is 1. The molecule has 0 aromatic carbocycles. The van der Waals surface area contributed by atoms with Crippen molar-refractivity contribution in [3.8, 4) is 0 Å². The molecule has 1 saturated heterocycles. The van der Waals surface area contributed by atoms with Gasteiger partial charge in [0.15, 0.2) is 0 Å². The van der Waals surface area contributed by atoms with Crippen LogP contribution >= 0.6 is 0 Å². The summed E-state index contributed by atoms with van der Waals surface area (Å²) in [5.41, 5.74) is 4.45. The van der Waals surface area contributed by atoms with Gasteiger partial charge in [-0.05, 0) is 25.0 Å². The number of ether oxygens (including phenoxy) is 2. The number of unbranched alkanes of at least 4 members (excludes halogenated alkanes) is 1. The highest BCUT2D eigenvalue weighted by atomic mass is 16.7. The number of rotatable bonds is 9. The lowest BCUT2D eigenvalue weighted by molar-refractivity contribution is -0.271. The van der Waals surface area contributed by atoms with Crippen molar-refractivity contribution >= 4 is 11.7 Å². The van der Waals surface area contributed by atoms with E-state index >= 15 is 0 Å². The van der Waals surface area contributed by atoms with Crippen LogP contribution in [0, 0.1) is 5.92 Å². The molecule has 0 bridgehead atoms. The molecule has 0 unspecified atom stereocenters. The molecule has 1 aromatic heterocycles. The number of hydroxylamine groups is 1. The van der Waals surface area contributed by atoms with Crippen molar-refractivity contribution in [3.05, 3.63) is 36.7 Å². The Kier molecular flexibility index (Phi) is 6.72. The molecular weight excluding hydrogens is 312 g/mol. The van der Waals surface area contributed by atoms with Gasteiger partial charge in [0.2, 0.25) is 0 Å². The smallest absolute Gasteiger partial charge is 0.364 e. The Morgan fingerprint density at radius 2 is 2.08 bits per heavy atom. The lowest BCUT2D eigenvalue weighted by Gasteiger charge is -2.34. The van der Waals surface area contributed by atoms with Crippen molar-refractivity contribution in [2.24, 2.45) is 5.92 Å². The number of carboxylic acid groups (broad SMARTS) is 1. The maximum Gasteiger partial charge on any atom is 0.364 e. The number of aliphatic carboxylic acids is 1. The minimum atomic E-state index is -1.50. The Morgan fingerprint density at radius 3 is 2.71 bits per heavy atom. The zero-order chi connectivity index (χ0) is 17.4. The standard InChI is InChI=1S/C17H24N2O5/c1-13(15-6-8-18-9-7-15)19-24-10-4-3-5-14-11-22-17(2,16(20)21)23-12-14/h6-9,14,19H,1,3-5,10-12H2,2H3,(H,20,21). The highest BCUT2D eigenvalue weighted by Gasteiger charge is 2.40. The summed E-state index contributed by atoms with van der Waals surface area (Å²) < 4.78 is 10.6. The Labute approximate surface area is 141 Å². The second kappa shape index (κ2) is 8.77. The highest BCUT2D eigenvalue weighted by molar-refractivity contribution is 5.75. The van der Waals surface area contributed by atoms with Gasteiger partial charge in [0.25, 0.3) is 5.79 Å². The molecule has 2 heterocycles. The predicted molar refractivity (Wildman–Crippen MR) is 87.6 cm³/mol. The third-order valence-corrected chi connectivity index (χ3v) is 3.91. The first-order valence-corrected chi connectivity index (χ1v) is 7.99. The molecule has 0 radical (unpaired) electrons. The molecule has 2 rings (SSSR count). The van der Waals surface area contributed by atoms with Crippen LogP contribution in [-0.2, 0) is 19.1 Å². The molecule has 0 spiro atoms. The van der Waals surface area contributed by atoms with Crippen LogP contribution in [0.5, 0.6) is 0 Å². The second-order valence-corrected chi connectivity index (χ2v) is 5.90. The van der Waals surface area contributed by atoms with E-state index in [0.29, 0.717) is 25.5 Å². The van der Waals surface area contributed by atoms with Gasteiger partial charge in [-0.15, -0.1) is 0 Å². The molecule has 0 aliphatic carbocycles. The largest absolute Gasteiger partial charge is 0.477 e.